The second-order valence-electron chi connectivity index (χ2n) is 6.19. The Morgan fingerprint density at radius 2 is 1.81 bits per heavy atom. The van der Waals surface area contributed by atoms with Crippen molar-refractivity contribution in [3.05, 3.63) is 69.1 Å². The van der Waals surface area contributed by atoms with Crippen LogP contribution in [-0.4, -0.2) is 10.9 Å². The lowest BCUT2D eigenvalue weighted by atomic mass is 9.99. The topological polar surface area (TPSA) is 62.0 Å². The zero-order valence-electron chi connectivity index (χ0n) is 14.6. The second-order valence-corrected chi connectivity index (χ2v) is 6.19. The fourth-order valence-electron chi connectivity index (χ4n) is 2.58. The smallest absolute Gasteiger partial charge is 0.345 e. The molecular formula is C19H21F3N2O2. The molecule has 1 atom stereocenters. The van der Waals surface area contributed by atoms with Crippen molar-refractivity contribution in [1.29, 1.82) is 0 Å². The highest BCUT2D eigenvalue weighted by Crippen LogP contribution is 2.26. The van der Waals surface area contributed by atoms with Crippen molar-refractivity contribution in [3.63, 3.8) is 0 Å². The zero-order valence-corrected chi connectivity index (χ0v) is 14.6. The van der Waals surface area contributed by atoms with Gasteiger partial charge in [-0.3, -0.25) is 9.59 Å². The normalized spacial score (nSPS) is 12.7. The summed E-state index contributed by atoms with van der Waals surface area (Å²) >= 11 is 0. The van der Waals surface area contributed by atoms with E-state index in [0.29, 0.717) is 12.5 Å². The molecule has 1 amide bonds. The molecule has 0 fully saturated rings. The molecule has 140 valence electrons. The summed E-state index contributed by atoms with van der Waals surface area (Å²) in [5.41, 5.74) is -0.614. The van der Waals surface area contributed by atoms with E-state index in [-0.39, 0.29) is 11.6 Å². The van der Waals surface area contributed by atoms with Gasteiger partial charge in [-0.05, 0) is 31.0 Å². The zero-order chi connectivity index (χ0) is 19.3. The van der Waals surface area contributed by atoms with Crippen molar-refractivity contribution in [2.45, 2.75) is 45.3 Å². The molecule has 2 aromatic rings. The van der Waals surface area contributed by atoms with Gasteiger partial charge in [0.15, 0.2) is 0 Å². The Morgan fingerprint density at radius 3 is 2.35 bits per heavy atom. The number of benzene rings is 1. The minimum Gasteiger partial charge on any atom is -0.345 e. The third kappa shape index (κ3) is 4.97. The molecule has 0 saturated heterocycles. The molecule has 1 aromatic heterocycles. The quantitative estimate of drug-likeness (QED) is 0.798. The van der Waals surface area contributed by atoms with Gasteiger partial charge in [-0.25, -0.2) is 0 Å². The predicted octanol–water partition coefficient (Wildman–Crippen LogP) is 4.36. The lowest BCUT2D eigenvalue weighted by Gasteiger charge is -2.19. The molecule has 2 rings (SSSR count). The molecule has 7 heteroatoms. The summed E-state index contributed by atoms with van der Waals surface area (Å²) in [5, 5.41) is 2.76. The number of nitrogens with one attached hydrogen (secondary N) is 2. The summed E-state index contributed by atoms with van der Waals surface area (Å²) in [4.78, 5) is 26.0. The molecule has 0 spiro atoms. The first kappa shape index (κ1) is 19.8. The highest BCUT2D eigenvalue weighted by molar-refractivity contribution is 5.94. The number of H-pyrrole nitrogens is 1. The average Bonchev–Trinajstić information content (AvgIpc) is 2.58. The number of alkyl halides is 3. The molecule has 2 N–H and O–H groups in total. The number of unbranched alkanes of at least 4 members (excludes halogenated alkanes) is 1. The van der Waals surface area contributed by atoms with Crippen LogP contribution in [0.25, 0.3) is 0 Å². The first-order valence-corrected chi connectivity index (χ1v) is 8.40. The Bertz CT molecular complexity index is 811. The molecule has 0 bridgehead atoms. The Hall–Kier alpha value is -2.57. The lowest BCUT2D eigenvalue weighted by molar-refractivity contribution is -0.141. The van der Waals surface area contributed by atoms with Gasteiger partial charge in [-0.1, -0.05) is 49.6 Å². The molecule has 0 unspecified atom stereocenters. The van der Waals surface area contributed by atoms with Crippen molar-refractivity contribution in [2.24, 2.45) is 0 Å². The van der Waals surface area contributed by atoms with Crippen LogP contribution in [0.2, 0.25) is 0 Å². The summed E-state index contributed by atoms with van der Waals surface area (Å²) in [6.07, 6.45) is -2.20. The highest BCUT2D eigenvalue weighted by atomic mass is 19.4. The molecule has 0 radical (unpaired) electrons. The lowest BCUT2D eigenvalue weighted by Crippen LogP contribution is -2.33. The number of aryl methyl sites for hydroxylation is 1. The van der Waals surface area contributed by atoms with Crippen LogP contribution in [0, 0.1) is 6.92 Å². The van der Waals surface area contributed by atoms with Crippen LogP contribution >= 0.6 is 0 Å². The van der Waals surface area contributed by atoms with E-state index in [4.69, 9.17) is 0 Å². The van der Waals surface area contributed by atoms with Crippen LogP contribution in [-0.2, 0) is 6.18 Å². The van der Waals surface area contributed by atoms with E-state index >= 15 is 0 Å². The van der Waals surface area contributed by atoms with Gasteiger partial charge in [0, 0.05) is 0 Å². The van der Waals surface area contributed by atoms with Crippen LogP contribution in [0.3, 0.4) is 0 Å². The molecule has 0 aliphatic heterocycles. The van der Waals surface area contributed by atoms with Crippen LogP contribution in [0.5, 0.6) is 0 Å². The summed E-state index contributed by atoms with van der Waals surface area (Å²) in [5.74, 6) is -0.693. The van der Waals surface area contributed by atoms with Gasteiger partial charge < -0.3 is 10.3 Å². The Kier molecular flexibility index (Phi) is 6.23. The first-order valence-electron chi connectivity index (χ1n) is 8.40. The van der Waals surface area contributed by atoms with E-state index in [1.54, 1.807) is 4.98 Å². The Labute approximate surface area is 149 Å². The molecule has 1 aromatic carbocycles. The van der Waals surface area contributed by atoms with Gasteiger partial charge in [0.05, 0.1) is 6.04 Å². The van der Waals surface area contributed by atoms with Crippen LogP contribution in [0.4, 0.5) is 13.2 Å². The molecule has 4 nitrogen and oxygen atoms in total. The van der Waals surface area contributed by atoms with Gasteiger partial charge in [0.1, 0.15) is 11.3 Å². The minimum absolute atomic E-state index is 0.315. The van der Waals surface area contributed by atoms with Crippen molar-refractivity contribution < 1.29 is 18.0 Å². The maximum Gasteiger partial charge on any atom is 0.431 e. The van der Waals surface area contributed by atoms with E-state index in [1.165, 1.54) is 0 Å². The largest absolute Gasteiger partial charge is 0.431 e. The number of halogens is 3. The monoisotopic (exact) mass is 366 g/mol. The number of amides is 1. The molecular weight excluding hydrogens is 345 g/mol. The maximum atomic E-state index is 12.6. The van der Waals surface area contributed by atoms with Crippen LogP contribution in [0.15, 0.2) is 41.2 Å². The van der Waals surface area contributed by atoms with Crippen molar-refractivity contribution in [3.8, 4) is 0 Å². The maximum absolute atomic E-state index is 12.6. The summed E-state index contributed by atoms with van der Waals surface area (Å²) in [6.45, 7) is 3.97. The van der Waals surface area contributed by atoms with Crippen LogP contribution in [0.1, 0.15) is 59.4 Å². The highest BCUT2D eigenvalue weighted by Gasteiger charge is 2.32. The SMILES string of the molecule is CCCC[C@@H](NC(=O)c1ccc(C(F)(F)F)[nH]c1=O)c1ccc(C)cc1. The number of aromatic amines is 1. The molecule has 0 saturated carbocycles. The Balaban J connectivity index is 2.24. The number of hydrogen-bond acceptors (Lipinski definition) is 2. The van der Waals surface area contributed by atoms with Crippen molar-refractivity contribution >= 4 is 5.91 Å². The standard InChI is InChI=1S/C19H21F3N2O2/c1-3-4-5-15(13-8-6-12(2)7-9-13)23-17(25)14-10-11-16(19(20,21)22)24-18(14)26/h6-11,15H,3-5H2,1-2H3,(H,23,25)(H,24,26)/t15-/m1/s1. The summed E-state index contributed by atoms with van der Waals surface area (Å²) in [6, 6.07) is 8.92. The third-order valence-electron chi connectivity index (χ3n) is 4.09. The average molecular weight is 366 g/mol. The van der Waals surface area contributed by atoms with Gasteiger partial charge in [0.2, 0.25) is 0 Å². The van der Waals surface area contributed by atoms with Crippen LogP contribution < -0.4 is 10.9 Å². The fraction of sp³-hybridized carbons (Fsp3) is 0.368. The number of pyridine rings is 1. The van der Waals surface area contributed by atoms with E-state index in [2.05, 4.69) is 5.32 Å². The Morgan fingerprint density at radius 1 is 1.15 bits per heavy atom. The number of aromatic nitrogens is 1. The van der Waals surface area contributed by atoms with E-state index in [1.807, 2.05) is 38.1 Å². The van der Waals surface area contributed by atoms with E-state index in [0.717, 1.165) is 30.0 Å². The summed E-state index contributed by atoms with van der Waals surface area (Å²) in [7, 11) is 0. The number of carbonyl (C=O) groups excluding carboxylic acids is 1. The number of rotatable bonds is 6. The number of hydrogen-bond donors (Lipinski definition) is 2. The van der Waals surface area contributed by atoms with Gasteiger partial charge >= 0.3 is 6.18 Å². The van der Waals surface area contributed by atoms with Crippen molar-refractivity contribution in [1.82, 2.24) is 10.3 Å². The van der Waals surface area contributed by atoms with E-state index in [9.17, 15) is 22.8 Å². The molecule has 0 aliphatic rings. The fourth-order valence-corrected chi connectivity index (χ4v) is 2.58. The van der Waals surface area contributed by atoms with Crippen molar-refractivity contribution in [2.75, 3.05) is 0 Å². The third-order valence-corrected chi connectivity index (χ3v) is 4.09. The molecule has 0 aliphatic carbocycles. The predicted molar refractivity (Wildman–Crippen MR) is 93.0 cm³/mol. The minimum atomic E-state index is -4.67. The van der Waals surface area contributed by atoms with Gasteiger partial charge in [-0.15, -0.1) is 0 Å². The second kappa shape index (κ2) is 8.21. The number of carbonyl (C=O) groups is 1. The summed E-state index contributed by atoms with van der Waals surface area (Å²) < 4.78 is 37.9. The van der Waals surface area contributed by atoms with Gasteiger partial charge in [0.25, 0.3) is 11.5 Å². The first-order chi connectivity index (χ1) is 12.2. The molecule has 26 heavy (non-hydrogen) atoms. The van der Waals surface area contributed by atoms with E-state index < -0.39 is 23.3 Å². The molecule has 1 heterocycles. The van der Waals surface area contributed by atoms with Gasteiger partial charge in [-0.2, -0.15) is 13.2 Å².